The van der Waals surface area contributed by atoms with E-state index in [1.54, 1.807) is 19.2 Å². The van der Waals surface area contributed by atoms with Crippen LogP contribution in [0.1, 0.15) is 38.3 Å². The summed E-state index contributed by atoms with van der Waals surface area (Å²) >= 11 is 0. The van der Waals surface area contributed by atoms with Crippen molar-refractivity contribution in [1.82, 2.24) is 4.90 Å². The molecule has 1 fully saturated rings. The first kappa shape index (κ1) is 16.4. The van der Waals surface area contributed by atoms with Crippen LogP contribution in [0.5, 0.6) is 0 Å². The molecule has 0 bridgehead atoms. The van der Waals surface area contributed by atoms with Crippen LogP contribution in [-0.4, -0.2) is 37.2 Å². The fourth-order valence-corrected chi connectivity index (χ4v) is 2.99. The first-order chi connectivity index (χ1) is 10.0. The van der Waals surface area contributed by atoms with Crippen molar-refractivity contribution >= 4 is 0 Å². The highest BCUT2D eigenvalue weighted by atomic mass is 19.1. The Bertz CT molecular complexity index is 433. The van der Waals surface area contributed by atoms with E-state index in [0.29, 0.717) is 12.6 Å². The molecule has 1 aliphatic carbocycles. The highest BCUT2D eigenvalue weighted by Gasteiger charge is 2.35. The van der Waals surface area contributed by atoms with Gasteiger partial charge in [-0.25, -0.2) is 4.39 Å². The number of methoxy groups -OCH3 is 1. The zero-order valence-electron chi connectivity index (χ0n) is 13.3. The van der Waals surface area contributed by atoms with Crippen LogP contribution < -0.4 is 5.73 Å². The first-order valence-electron chi connectivity index (χ1n) is 7.80. The lowest BCUT2D eigenvalue weighted by Crippen LogP contribution is -2.48. The topological polar surface area (TPSA) is 38.5 Å². The Morgan fingerprint density at radius 1 is 1.29 bits per heavy atom. The second-order valence-corrected chi connectivity index (χ2v) is 6.13. The molecular formula is C17H27FN2O. The van der Waals surface area contributed by atoms with E-state index >= 15 is 0 Å². The molecule has 3 atom stereocenters. The van der Waals surface area contributed by atoms with E-state index in [-0.39, 0.29) is 17.9 Å². The van der Waals surface area contributed by atoms with Gasteiger partial charge in [-0.3, -0.25) is 4.90 Å². The summed E-state index contributed by atoms with van der Waals surface area (Å²) in [6, 6.07) is 7.11. The number of halogens is 1. The molecule has 0 saturated heterocycles. The van der Waals surface area contributed by atoms with E-state index in [0.717, 1.165) is 18.0 Å². The van der Waals surface area contributed by atoms with E-state index in [4.69, 9.17) is 10.5 Å². The second-order valence-electron chi connectivity index (χ2n) is 6.13. The molecule has 1 aliphatic rings. The third-order valence-corrected chi connectivity index (χ3v) is 4.68. The van der Waals surface area contributed by atoms with Gasteiger partial charge in [0.25, 0.3) is 0 Å². The Morgan fingerprint density at radius 2 is 1.90 bits per heavy atom. The fourth-order valence-electron chi connectivity index (χ4n) is 2.99. The van der Waals surface area contributed by atoms with Crippen LogP contribution in [0.25, 0.3) is 0 Å². The predicted octanol–water partition coefficient (Wildman–Crippen LogP) is 2.96. The summed E-state index contributed by atoms with van der Waals surface area (Å²) < 4.78 is 18.3. The van der Waals surface area contributed by atoms with Gasteiger partial charge in [-0.15, -0.1) is 0 Å². The lowest BCUT2D eigenvalue weighted by molar-refractivity contribution is 0.0771. The Morgan fingerprint density at radius 3 is 2.43 bits per heavy atom. The van der Waals surface area contributed by atoms with Crippen molar-refractivity contribution in [3.63, 3.8) is 0 Å². The molecule has 3 nitrogen and oxygen atoms in total. The lowest BCUT2D eigenvalue weighted by Gasteiger charge is -2.38. The minimum atomic E-state index is -0.221. The zero-order valence-corrected chi connectivity index (χ0v) is 13.3. The molecule has 1 aromatic rings. The molecule has 0 aromatic heterocycles. The van der Waals surface area contributed by atoms with Crippen LogP contribution in [0.2, 0.25) is 0 Å². The Hall–Kier alpha value is -0.970. The molecule has 0 spiro atoms. The van der Waals surface area contributed by atoms with Gasteiger partial charge in [-0.05, 0) is 50.3 Å². The normalized spacial score (nSPS) is 19.5. The highest BCUT2D eigenvalue weighted by molar-refractivity contribution is 5.21. The fraction of sp³-hybridized carbons (Fsp3) is 0.647. The van der Waals surface area contributed by atoms with Crippen molar-refractivity contribution in [3.8, 4) is 0 Å². The third kappa shape index (κ3) is 4.25. The molecule has 21 heavy (non-hydrogen) atoms. The van der Waals surface area contributed by atoms with Crippen LogP contribution in [0.3, 0.4) is 0 Å². The van der Waals surface area contributed by atoms with Gasteiger partial charge in [0.2, 0.25) is 0 Å². The summed E-state index contributed by atoms with van der Waals surface area (Å²) in [6.07, 6.45) is 2.62. The average molecular weight is 294 g/mol. The number of benzene rings is 1. The summed E-state index contributed by atoms with van der Waals surface area (Å²) in [6.45, 7) is 6.02. The van der Waals surface area contributed by atoms with Gasteiger partial charge in [-0.2, -0.15) is 0 Å². The number of nitrogens with zero attached hydrogens (tertiary/aromatic N) is 1. The van der Waals surface area contributed by atoms with Crippen LogP contribution in [0.15, 0.2) is 24.3 Å². The van der Waals surface area contributed by atoms with Gasteiger partial charge >= 0.3 is 0 Å². The van der Waals surface area contributed by atoms with Crippen molar-refractivity contribution in [3.05, 3.63) is 35.6 Å². The summed E-state index contributed by atoms with van der Waals surface area (Å²) in [7, 11) is 1.73. The highest BCUT2D eigenvalue weighted by Crippen LogP contribution is 2.36. The molecule has 0 heterocycles. The van der Waals surface area contributed by atoms with E-state index < -0.39 is 0 Å². The Kier molecular flexibility index (Phi) is 5.73. The molecule has 0 radical (unpaired) electrons. The molecule has 2 N–H and O–H groups in total. The average Bonchev–Trinajstić information content (AvgIpc) is 3.32. The quantitative estimate of drug-likeness (QED) is 0.801. The van der Waals surface area contributed by atoms with Crippen LogP contribution in [-0.2, 0) is 4.74 Å². The lowest BCUT2D eigenvalue weighted by atomic mass is 9.98. The summed E-state index contributed by atoms with van der Waals surface area (Å²) in [4.78, 5) is 2.44. The molecule has 118 valence electrons. The summed E-state index contributed by atoms with van der Waals surface area (Å²) in [5.41, 5.74) is 7.40. The molecule has 0 amide bonds. The standard InChI is InChI=1S/C17H27FN2O/c1-12(14-4-5-14)20(10-11-21-3)13(2)17(19)15-6-8-16(18)9-7-15/h6-9,12-14,17H,4-5,10-11,19H2,1-3H3. The minimum Gasteiger partial charge on any atom is -0.383 e. The number of nitrogens with two attached hydrogens (primary N) is 1. The van der Waals surface area contributed by atoms with Crippen molar-refractivity contribution in [2.75, 3.05) is 20.3 Å². The van der Waals surface area contributed by atoms with Crippen LogP contribution in [0, 0.1) is 11.7 Å². The maximum Gasteiger partial charge on any atom is 0.123 e. The Labute approximate surface area is 127 Å². The van der Waals surface area contributed by atoms with Crippen molar-refractivity contribution in [2.45, 2.75) is 44.8 Å². The van der Waals surface area contributed by atoms with Crippen molar-refractivity contribution in [1.29, 1.82) is 0 Å². The smallest absolute Gasteiger partial charge is 0.123 e. The Balaban J connectivity index is 2.07. The van der Waals surface area contributed by atoms with Crippen molar-refractivity contribution in [2.24, 2.45) is 11.7 Å². The zero-order chi connectivity index (χ0) is 15.4. The van der Waals surface area contributed by atoms with E-state index in [9.17, 15) is 4.39 Å². The summed E-state index contributed by atoms with van der Waals surface area (Å²) in [5, 5.41) is 0. The van der Waals surface area contributed by atoms with Crippen LogP contribution >= 0.6 is 0 Å². The molecule has 0 aliphatic heterocycles. The molecule has 1 aromatic carbocycles. The van der Waals surface area contributed by atoms with E-state index in [1.165, 1.54) is 25.0 Å². The van der Waals surface area contributed by atoms with Gasteiger partial charge in [0.05, 0.1) is 6.61 Å². The van der Waals surface area contributed by atoms with Gasteiger partial charge in [-0.1, -0.05) is 12.1 Å². The monoisotopic (exact) mass is 294 g/mol. The first-order valence-corrected chi connectivity index (χ1v) is 7.80. The minimum absolute atomic E-state index is 0.122. The number of ether oxygens (including phenoxy) is 1. The number of rotatable bonds is 8. The predicted molar refractivity (Wildman–Crippen MR) is 83.6 cm³/mol. The van der Waals surface area contributed by atoms with Gasteiger partial charge in [0, 0.05) is 31.8 Å². The number of hydrogen-bond acceptors (Lipinski definition) is 3. The van der Waals surface area contributed by atoms with Crippen molar-refractivity contribution < 1.29 is 9.13 Å². The van der Waals surface area contributed by atoms with E-state index in [2.05, 4.69) is 18.7 Å². The van der Waals surface area contributed by atoms with Gasteiger partial charge in [0.15, 0.2) is 0 Å². The molecule has 3 unspecified atom stereocenters. The van der Waals surface area contributed by atoms with E-state index in [1.807, 2.05) is 0 Å². The summed E-state index contributed by atoms with van der Waals surface area (Å²) in [5.74, 6) is 0.561. The van der Waals surface area contributed by atoms with Gasteiger partial charge in [0.1, 0.15) is 5.82 Å². The number of hydrogen-bond donors (Lipinski definition) is 1. The second kappa shape index (κ2) is 7.34. The molecule has 1 saturated carbocycles. The van der Waals surface area contributed by atoms with Crippen LogP contribution in [0.4, 0.5) is 4.39 Å². The molecule has 4 heteroatoms. The maximum atomic E-state index is 13.1. The molecule has 2 rings (SSSR count). The SMILES string of the molecule is COCCN(C(C)C1CC1)C(C)C(N)c1ccc(F)cc1. The van der Waals surface area contributed by atoms with Gasteiger partial charge < -0.3 is 10.5 Å². The molecular weight excluding hydrogens is 267 g/mol. The largest absolute Gasteiger partial charge is 0.383 e. The maximum absolute atomic E-state index is 13.1. The third-order valence-electron chi connectivity index (χ3n) is 4.68.